The maximum Gasteiger partial charge on any atom is 0.0112 e. The summed E-state index contributed by atoms with van der Waals surface area (Å²) in [6, 6.07) is 0.715. The molecule has 0 saturated carbocycles. The molecule has 0 amide bonds. The molecule has 106 valence electrons. The molecule has 2 aliphatic rings. The number of rotatable bonds is 4. The van der Waals surface area contributed by atoms with Gasteiger partial charge in [-0.1, -0.05) is 6.42 Å². The van der Waals surface area contributed by atoms with Gasteiger partial charge in [0.2, 0.25) is 0 Å². The van der Waals surface area contributed by atoms with Crippen LogP contribution < -0.4 is 0 Å². The van der Waals surface area contributed by atoms with E-state index < -0.39 is 0 Å². The van der Waals surface area contributed by atoms with Gasteiger partial charge in [-0.3, -0.25) is 4.90 Å². The second-order valence-corrected chi connectivity index (χ2v) is 6.23. The number of hydrogen-bond donors (Lipinski definition) is 0. The van der Waals surface area contributed by atoms with Gasteiger partial charge in [-0.2, -0.15) is 0 Å². The van der Waals surface area contributed by atoms with Crippen molar-refractivity contribution in [1.29, 1.82) is 0 Å². The zero-order chi connectivity index (χ0) is 12.8. The Kier molecular flexibility index (Phi) is 5.93. The fraction of sp³-hybridized carbons (Fsp3) is 1.00. The lowest BCUT2D eigenvalue weighted by molar-refractivity contribution is 0.178. The molecule has 0 spiro atoms. The van der Waals surface area contributed by atoms with Crippen LogP contribution in [0.5, 0.6) is 0 Å². The third-order valence-electron chi connectivity index (χ3n) is 4.53. The van der Waals surface area contributed by atoms with E-state index in [4.69, 9.17) is 0 Å². The van der Waals surface area contributed by atoms with Crippen LogP contribution in [0.4, 0.5) is 0 Å². The molecule has 0 aromatic rings. The molecule has 2 heterocycles. The van der Waals surface area contributed by atoms with Gasteiger partial charge in [-0.05, 0) is 59.3 Å². The summed E-state index contributed by atoms with van der Waals surface area (Å²) < 4.78 is 0. The fourth-order valence-electron chi connectivity index (χ4n) is 3.20. The SMILES string of the molecule is CC(C)N1CCCN(CCN2CCCCC2)CC1. The van der Waals surface area contributed by atoms with Crippen molar-refractivity contribution in [2.24, 2.45) is 0 Å². The lowest BCUT2D eigenvalue weighted by Gasteiger charge is -2.29. The molecule has 18 heavy (non-hydrogen) atoms. The Bertz CT molecular complexity index is 224. The molecular formula is C15H31N3. The molecule has 0 aromatic heterocycles. The van der Waals surface area contributed by atoms with Crippen molar-refractivity contribution in [3.8, 4) is 0 Å². The zero-order valence-corrected chi connectivity index (χ0v) is 12.4. The molecule has 0 unspecified atom stereocenters. The summed E-state index contributed by atoms with van der Waals surface area (Å²) in [4.78, 5) is 7.96. The highest BCUT2D eigenvalue weighted by atomic mass is 15.2. The predicted octanol–water partition coefficient (Wildman–Crippen LogP) is 1.89. The molecule has 0 bridgehead atoms. The van der Waals surface area contributed by atoms with E-state index in [0.717, 1.165) is 0 Å². The summed E-state index contributed by atoms with van der Waals surface area (Å²) in [6.45, 7) is 15.0. The Balaban J connectivity index is 1.66. The molecule has 3 nitrogen and oxygen atoms in total. The first-order chi connectivity index (χ1) is 8.75. The van der Waals surface area contributed by atoms with Crippen molar-refractivity contribution in [2.45, 2.75) is 45.6 Å². The topological polar surface area (TPSA) is 9.72 Å². The molecule has 0 atom stereocenters. The predicted molar refractivity (Wildman–Crippen MR) is 78.1 cm³/mol. The minimum Gasteiger partial charge on any atom is -0.302 e. The van der Waals surface area contributed by atoms with Crippen LogP contribution in [0, 0.1) is 0 Å². The lowest BCUT2D eigenvalue weighted by atomic mass is 10.1. The van der Waals surface area contributed by atoms with Crippen LogP contribution in [0.3, 0.4) is 0 Å². The van der Waals surface area contributed by atoms with Crippen LogP contribution >= 0.6 is 0 Å². The van der Waals surface area contributed by atoms with Gasteiger partial charge in [0.15, 0.2) is 0 Å². The van der Waals surface area contributed by atoms with Crippen molar-refractivity contribution in [3.63, 3.8) is 0 Å². The standard InChI is InChI=1S/C15H31N3/c1-15(2)18-10-6-9-17(13-14-18)12-11-16-7-4-3-5-8-16/h15H,3-14H2,1-2H3. The molecule has 2 fully saturated rings. The monoisotopic (exact) mass is 253 g/mol. The number of likely N-dealkylation sites (tertiary alicyclic amines) is 1. The fourth-order valence-corrected chi connectivity index (χ4v) is 3.20. The minimum atomic E-state index is 0.715. The molecule has 3 heteroatoms. The van der Waals surface area contributed by atoms with Crippen molar-refractivity contribution < 1.29 is 0 Å². The molecule has 0 N–H and O–H groups in total. The Morgan fingerprint density at radius 3 is 1.94 bits per heavy atom. The number of piperidine rings is 1. The first-order valence-corrected chi connectivity index (χ1v) is 7.94. The molecule has 2 aliphatic heterocycles. The summed E-state index contributed by atoms with van der Waals surface area (Å²) in [6.07, 6.45) is 5.63. The van der Waals surface area contributed by atoms with Gasteiger partial charge in [-0.15, -0.1) is 0 Å². The first-order valence-electron chi connectivity index (χ1n) is 7.94. The number of hydrogen-bond acceptors (Lipinski definition) is 3. The normalized spacial score (nSPS) is 25.5. The van der Waals surface area contributed by atoms with Gasteiger partial charge >= 0.3 is 0 Å². The van der Waals surface area contributed by atoms with Crippen molar-refractivity contribution in [2.75, 3.05) is 52.4 Å². The van der Waals surface area contributed by atoms with Crippen molar-refractivity contribution in [3.05, 3.63) is 0 Å². The van der Waals surface area contributed by atoms with Gasteiger partial charge in [0.05, 0.1) is 0 Å². The highest BCUT2D eigenvalue weighted by Gasteiger charge is 2.17. The zero-order valence-electron chi connectivity index (χ0n) is 12.4. The highest BCUT2D eigenvalue weighted by Crippen LogP contribution is 2.10. The van der Waals surface area contributed by atoms with E-state index in [1.807, 2.05) is 0 Å². The lowest BCUT2D eigenvalue weighted by Crippen LogP contribution is -2.40. The molecular weight excluding hydrogens is 222 g/mol. The summed E-state index contributed by atoms with van der Waals surface area (Å²) in [5, 5.41) is 0. The minimum absolute atomic E-state index is 0.715. The van der Waals surface area contributed by atoms with Gasteiger partial charge in [-0.25, -0.2) is 0 Å². The maximum atomic E-state index is 2.68. The smallest absolute Gasteiger partial charge is 0.0112 e. The van der Waals surface area contributed by atoms with E-state index in [1.165, 1.54) is 78.0 Å². The van der Waals surface area contributed by atoms with Gasteiger partial charge in [0.1, 0.15) is 0 Å². The van der Waals surface area contributed by atoms with Crippen LogP contribution in [0.1, 0.15) is 39.5 Å². The van der Waals surface area contributed by atoms with E-state index in [9.17, 15) is 0 Å². The van der Waals surface area contributed by atoms with Gasteiger partial charge in [0, 0.05) is 32.2 Å². The first kappa shape index (κ1) is 14.3. The second kappa shape index (κ2) is 7.46. The van der Waals surface area contributed by atoms with Crippen LogP contribution in [0.25, 0.3) is 0 Å². The van der Waals surface area contributed by atoms with E-state index >= 15 is 0 Å². The largest absolute Gasteiger partial charge is 0.302 e. The van der Waals surface area contributed by atoms with Crippen LogP contribution in [-0.4, -0.2) is 73.1 Å². The molecule has 0 aromatic carbocycles. The Labute approximate surface area is 113 Å². The molecule has 2 saturated heterocycles. The van der Waals surface area contributed by atoms with E-state index in [0.29, 0.717) is 6.04 Å². The van der Waals surface area contributed by atoms with Gasteiger partial charge in [0.25, 0.3) is 0 Å². The Hall–Kier alpha value is -0.120. The second-order valence-electron chi connectivity index (χ2n) is 6.23. The highest BCUT2D eigenvalue weighted by molar-refractivity contribution is 4.73. The summed E-state index contributed by atoms with van der Waals surface area (Å²) >= 11 is 0. The third kappa shape index (κ3) is 4.52. The molecule has 0 radical (unpaired) electrons. The van der Waals surface area contributed by atoms with Crippen molar-refractivity contribution >= 4 is 0 Å². The van der Waals surface area contributed by atoms with E-state index in [2.05, 4.69) is 28.5 Å². The van der Waals surface area contributed by atoms with Crippen molar-refractivity contribution in [1.82, 2.24) is 14.7 Å². The number of nitrogens with zero attached hydrogens (tertiary/aromatic N) is 3. The van der Waals surface area contributed by atoms with E-state index in [1.54, 1.807) is 0 Å². The summed E-state index contributed by atoms with van der Waals surface area (Å²) in [7, 11) is 0. The summed E-state index contributed by atoms with van der Waals surface area (Å²) in [5.74, 6) is 0. The summed E-state index contributed by atoms with van der Waals surface area (Å²) in [5.41, 5.74) is 0. The van der Waals surface area contributed by atoms with Crippen LogP contribution in [-0.2, 0) is 0 Å². The molecule has 0 aliphatic carbocycles. The quantitative estimate of drug-likeness (QED) is 0.757. The van der Waals surface area contributed by atoms with Gasteiger partial charge < -0.3 is 9.80 Å². The average molecular weight is 253 g/mol. The molecule has 2 rings (SSSR count). The average Bonchev–Trinajstić information content (AvgIpc) is 2.63. The maximum absolute atomic E-state index is 2.68. The third-order valence-corrected chi connectivity index (χ3v) is 4.53. The van der Waals surface area contributed by atoms with Crippen LogP contribution in [0.15, 0.2) is 0 Å². The Morgan fingerprint density at radius 1 is 0.667 bits per heavy atom. The Morgan fingerprint density at radius 2 is 1.28 bits per heavy atom. The van der Waals surface area contributed by atoms with E-state index in [-0.39, 0.29) is 0 Å². The van der Waals surface area contributed by atoms with Crippen LogP contribution in [0.2, 0.25) is 0 Å².